The SMILES string of the molecule is CN=C(NCCc1ccc(OC)c(OC(F)F)c1)NCC1CC(=O)Nc2ccccc21.I. The molecule has 0 aromatic heterocycles. The molecule has 0 saturated heterocycles. The van der Waals surface area contributed by atoms with Crippen LogP contribution in [0, 0.1) is 0 Å². The minimum absolute atomic E-state index is 0. The van der Waals surface area contributed by atoms with Gasteiger partial charge in [-0.25, -0.2) is 0 Å². The highest BCUT2D eigenvalue weighted by Crippen LogP contribution is 2.31. The fraction of sp³-hybridized carbons (Fsp3) is 0.364. The Kier molecular flexibility index (Phi) is 9.95. The predicted octanol–water partition coefficient (Wildman–Crippen LogP) is 3.75. The number of methoxy groups -OCH3 is 1. The summed E-state index contributed by atoms with van der Waals surface area (Å²) in [5.41, 5.74) is 2.75. The van der Waals surface area contributed by atoms with Gasteiger partial charge in [-0.15, -0.1) is 24.0 Å². The molecule has 10 heteroatoms. The summed E-state index contributed by atoms with van der Waals surface area (Å²) >= 11 is 0. The molecule has 3 N–H and O–H groups in total. The highest BCUT2D eigenvalue weighted by Gasteiger charge is 2.24. The minimum atomic E-state index is -2.92. The predicted molar refractivity (Wildman–Crippen MR) is 131 cm³/mol. The van der Waals surface area contributed by atoms with Crippen LogP contribution in [-0.4, -0.2) is 45.7 Å². The molecule has 0 bridgehead atoms. The largest absolute Gasteiger partial charge is 0.493 e. The maximum Gasteiger partial charge on any atom is 0.387 e. The molecule has 1 aliphatic heterocycles. The molecule has 1 amide bonds. The van der Waals surface area contributed by atoms with Crippen LogP contribution in [0.2, 0.25) is 0 Å². The molecular weight excluding hydrogens is 533 g/mol. The second kappa shape index (κ2) is 12.4. The molecule has 32 heavy (non-hydrogen) atoms. The number of hydrogen-bond donors (Lipinski definition) is 3. The third-order valence-corrected chi connectivity index (χ3v) is 5.00. The smallest absolute Gasteiger partial charge is 0.387 e. The molecule has 174 valence electrons. The number of guanidine groups is 1. The van der Waals surface area contributed by atoms with E-state index in [1.807, 2.05) is 24.3 Å². The number of amides is 1. The lowest BCUT2D eigenvalue weighted by atomic mass is 9.90. The topological polar surface area (TPSA) is 84.0 Å². The van der Waals surface area contributed by atoms with Crippen LogP contribution in [0.5, 0.6) is 11.5 Å². The van der Waals surface area contributed by atoms with Crippen LogP contribution in [-0.2, 0) is 11.2 Å². The fourth-order valence-electron chi connectivity index (χ4n) is 3.51. The highest BCUT2D eigenvalue weighted by atomic mass is 127. The van der Waals surface area contributed by atoms with Gasteiger partial charge in [0.2, 0.25) is 5.91 Å². The Bertz CT molecular complexity index is 943. The number of carbonyl (C=O) groups excluding carboxylic acids is 1. The number of fused-ring (bicyclic) bond motifs is 1. The second-order valence-corrected chi connectivity index (χ2v) is 7.03. The van der Waals surface area contributed by atoms with Crippen molar-refractivity contribution in [1.29, 1.82) is 0 Å². The summed E-state index contributed by atoms with van der Waals surface area (Å²) in [6.45, 7) is -1.83. The number of halogens is 3. The van der Waals surface area contributed by atoms with E-state index < -0.39 is 6.61 Å². The van der Waals surface area contributed by atoms with Crippen LogP contribution in [0.25, 0.3) is 0 Å². The molecule has 3 rings (SSSR count). The molecule has 1 heterocycles. The summed E-state index contributed by atoms with van der Waals surface area (Å²) < 4.78 is 34.7. The van der Waals surface area contributed by atoms with Crippen LogP contribution < -0.4 is 25.4 Å². The van der Waals surface area contributed by atoms with Crippen LogP contribution in [0.4, 0.5) is 14.5 Å². The number of benzene rings is 2. The third-order valence-electron chi connectivity index (χ3n) is 5.00. The lowest BCUT2D eigenvalue weighted by molar-refractivity contribution is -0.116. The van der Waals surface area contributed by atoms with Gasteiger partial charge in [-0.2, -0.15) is 8.78 Å². The lowest BCUT2D eigenvalue weighted by Gasteiger charge is -2.26. The summed E-state index contributed by atoms with van der Waals surface area (Å²) in [6, 6.07) is 12.7. The Labute approximate surface area is 203 Å². The van der Waals surface area contributed by atoms with Gasteiger partial charge in [0.05, 0.1) is 7.11 Å². The normalized spacial score (nSPS) is 15.3. The van der Waals surface area contributed by atoms with E-state index in [9.17, 15) is 13.6 Å². The number of aliphatic imine (C=N–C) groups is 1. The maximum atomic E-state index is 12.6. The molecule has 1 unspecified atom stereocenters. The number of anilines is 1. The van der Waals surface area contributed by atoms with Crippen molar-refractivity contribution < 1.29 is 23.0 Å². The molecule has 0 radical (unpaired) electrons. The van der Waals surface area contributed by atoms with Gasteiger partial charge in [0.1, 0.15) is 0 Å². The van der Waals surface area contributed by atoms with E-state index in [1.54, 1.807) is 25.2 Å². The van der Waals surface area contributed by atoms with E-state index in [4.69, 9.17) is 4.74 Å². The van der Waals surface area contributed by atoms with Crippen molar-refractivity contribution in [2.24, 2.45) is 4.99 Å². The molecule has 0 fully saturated rings. The number of nitrogens with one attached hydrogen (secondary N) is 3. The summed E-state index contributed by atoms with van der Waals surface area (Å²) in [5.74, 6) is 0.896. The van der Waals surface area contributed by atoms with Crippen LogP contribution in [0.15, 0.2) is 47.5 Å². The Hall–Kier alpha value is -2.63. The molecule has 1 atom stereocenters. The van der Waals surface area contributed by atoms with Gasteiger partial charge in [0, 0.05) is 38.2 Å². The van der Waals surface area contributed by atoms with Crippen LogP contribution in [0.1, 0.15) is 23.5 Å². The lowest BCUT2D eigenvalue weighted by Crippen LogP contribution is -2.41. The third kappa shape index (κ3) is 6.94. The zero-order valence-electron chi connectivity index (χ0n) is 17.9. The monoisotopic (exact) mass is 560 g/mol. The standard InChI is InChI=1S/C22H26F2N4O3.HI/c1-25-22(27-13-15-12-20(29)28-17-6-4-3-5-16(15)17)26-10-9-14-7-8-18(30-2)19(11-14)31-21(23)24;/h3-8,11,15,21H,9-10,12-13H2,1-2H3,(H,28,29)(H2,25,26,27);1H. The number of carbonyl (C=O) groups is 1. The molecule has 2 aromatic rings. The van der Waals surface area contributed by atoms with Crippen molar-refractivity contribution in [1.82, 2.24) is 10.6 Å². The van der Waals surface area contributed by atoms with Gasteiger partial charge in [0.15, 0.2) is 17.5 Å². The van der Waals surface area contributed by atoms with E-state index >= 15 is 0 Å². The van der Waals surface area contributed by atoms with Crippen molar-refractivity contribution >= 4 is 41.5 Å². The molecule has 0 aliphatic carbocycles. The molecule has 0 spiro atoms. The average molecular weight is 560 g/mol. The second-order valence-electron chi connectivity index (χ2n) is 7.03. The van der Waals surface area contributed by atoms with Gasteiger partial charge < -0.3 is 25.4 Å². The van der Waals surface area contributed by atoms with E-state index in [1.165, 1.54) is 7.11 Å². The molecule has 1 aliphatic rings. The summed E-state index contributed by atoms with van der Waals surface area (Å²) in [6.07, 6.45) is 0.971. The van der Waals surface area contributed by atoms with Gasteiger partial charge in [-0.1, -0.05) is 24.3 Å². The Morgan fingerprint density at radius 2 is 2.00 bits per heavy atom. The molecule has 0 saturated carbocycles. The highest BCUT2D eigenvalue weighted by molar-refractivity contribution is 14.0. The average Bonchev–Trinajstić information content (AvgIpc) is 2.75. The van der Waals surface area contributed by atoms with Crippen LogP contribution in [0.3, 0.4) is 0 Å². The molecule has 2 aromatic carbocycles. The maximum absolute atomic E-state index is 12.6. The molecule has 7 nitrogen and oxygen atoms in total. The Morgan fingerprint density at radius 1 is 1.22 bits per heavy atom. The van der Waals surface area contributed by atoms with Crippen molar-refractivity contribution in [3.8, 4) is 11.5 Å². The number of para-hydroxylation sites is 1. The van der Waals surface area contributed by atoms with E-state index in [2.05, 4.69) is 25.7 Å². The number of hydrogen-bond acceptors (Lipinski definition) is 4. The van der Waals surface area contributed by atoms with Crippen molar-refractivity contribution in [3.63, 3.8) is 0 Å². The number of nitrogens with zero attached hydrogens (tertiary/aromatic N) is 1. The first-order valence-electron chi connectivity index (χ1n) is 9.95. The number of alkyl halides is 2. The van der Waals surface area contributed by atoms with E-state index in [-0.39, 0.29) is 47.3 Å². The van der Waals surface area contributed by atoms with Gasteiger partial charge in [0.25, 0.3) is 0 Å². The Morgan fingerprint density at radius 3 is 2.72 bits per heavy atom. The first kappa shape index (κ1) is 25.6. The Balaban J connectivity index is 0.00000363. The molecular formula is C22H27F2IN4O3. The summed E-state index contributed by atoms with van der Waals surface area (Å²) in [4.78, 5) is 16.2. The minimum Gasteiger partial charge on any atom is -0.493 e. The van der Waals surface area contributed by atoms with E-state index in [0.717, 1.165) is 16.8 Å². The van der Waals surface area contributed by atoms with Gasteiger partial charge >= 0.3 is 6.61 Å². The van der Waals surface area contributed by atoms with Crippen molar-refractivity contribution in [3.05, 3.63) is 53.6 Å². The summed E-state index contributed by atoms with van der Waals surface area (Å²) in [5, 5.41) is 9.35. The van der Waals surface area contributed by atoms with Crippen LogP contribution >= 0.6 is 24.0 Å². The zero-order chi connectivity index (χ0) is 22.2. The summed E-state index contributed by atoms with van der Waals surface area (Å²) in [7, 11) is 3.07. The van der Waals surface area contributed by atoms with Crippen molar-refractivity contribution in [2.45, 2.75) is 25.4 Å². The van der Waals surface area contributed by atoms with Gasteiger partial charge in [-0.3, -0.25) is 9.79 Å². The van der Waals surface area contributed by atoms with Crippen molar-refractivity contribution in [2.75, 3.05) is 32.6 Å². The van der Waals surface area contributed by atoms with E-state index in [0.29, 0.717) is 31.9 Å². The first-order valence-corrected chi connectivity index (χ1v) is 9.95. The number of rotatable bonds is 8. The number of ether oxygens (including phenoxy) is 2. The quantitative estimate of drug-likeness (QED) is 0.260. The first-order chi connectivity index (χ1) is 15.0. The van der Waals surface area contributed by atoms with Gasteiger partial charge in [-0.05, 0) is 35.7 Å². The fourth-order valence-corrected chi connectivity index (χ4v) is 3.51. The zero-order valence-corrected chi connectivity index (χ0v) is 20.2.